The van der Waals surface area contributed by atoms with Crippen molar-refractivity contribution < 1.29 is 0 Å². The van der Waals surface area contributed by atoms with E-state index < -0.39 is 0 Å². The summed E-state index contributed by atoms with van der Waals surface area (Å²) in [6, 6.07) is 20.6. The predicted octanol–water partition coefficient (Wildman–Crippen LogP) is 8.16. The fourth-order valence-electron chi connectivity index (χ4n) is 3.42. The summed E-state index contributed by atoms with van der Waals surface area (Å²) in [6.45, 7) is 8.31. The van der Waals surface area contributed by atoms with Crippen LogP contribution in [0.5, 0.6) is 0 Å². The molecule has 2 aromatic carbocycles. The van der Waals surface area contributed by atoms with E-state index >= 15 is 0 Å². The first-order valence-electron chi connectivity index (χ1n) is 10.5. The number of hydrogen-bond donors (Lipinski definition) is 0. The lowest BCUT2D eigenvalue weighted by Gasteiger charge is -2.08. The second-order valence-electron chi connectivity index (χ2n) is 7.72. The van der Waals surface area contributed by atoms with Crippen LogP contribution in [-0.4, -0.2) is 10.7 Å². The molecule has 0 fully saturated rings. The van der Waals surface area contributed by atoms with Crippen molar-refractivity contribution in [1.82, 2.24) is 4.98 Å². The van der Waals surface area contributed by atoms with Gasteiger partial charge in [-0.05, 0) is 80.0 Å². The number of halogens is 1. The largest absolute Gasteiger partial charge is 0.236 e. The van der Waals surface area contributed by atoms with Gasteiger partial charge >= 0.3 is 0 Å². The van der Waals surface area contributed by atoms with Crippen LogP contribution < -0.4 is 0 Å². The van der Waals surface area contributed by atoms with E-state index in [4.69, 9.17) is 16.6 Å². The van der Waals surface area contributed by atoms with E-state index in [2.05, 4.69) is 48.0 Å². The number of aryl methyl sites for hydroxylation is 2. The van der Waals surface area contributed by atoms with Crippen molar-refractivity contribution in [2.45, 2.75) is 46.0 Å². The first-order chi connectivity index (χ1) is 14.5. The molecule has 0 radical (unpaired) electrons. The third-order valence-corrected chi connectivity index (χ3v) is 5.52. The van der Waals surface area contributed by atoms with Gasteiger partial charge < -0.3 is 0 Å². The van der Waals surface area contributed by atoms with Gasteiger partial charge in [0.05, 0.1) is 0 Å². The molecule has 0 aliphatic carbocycles. The average molecular weight is 417 g/mol. The lowest BCUT2D eigenvalue weighted by molar-refractivity contribution is 0.682. The molecule has 0 saturated heterocycles. The van der Waals surface area contributed by atoms with Crippen LogP contribution in [-0.2, 0) is 6.42 Å². The van der Waals surface area contributed by atoms with Gasteiger partial charge in [0.2, 0.25) is 0 Å². The molecule has 0 atom stereocenters. The highest BCUT2D eigenvalue weighted by Gasteiger charge is 2.06. The third kappa shape index (κ3) is 6.40. The van der Waals surface area contributed by atoms with Gasteiger partial charge in [-0.1, -0.05) is 67.1 Å². The number of aliphatic imine (C=N–C) groups is 1. The fourth-order valence-corrected chi connectivity index (χ4v) is 3.61. The number of unbranched alkanes of at least 4 members (excludes halogenated alkanes) is 2. The van der Waals surface area contributed by atoms with Crippen molar-refractivity contribution in [2.75, 3.05) is 0 Å². The molecule has 3 aromatic rings. The Kier molecular flexibility index (Phi) is 7.98. The summed E-state index contributed by atoms with van der Waals surface area (Å²) < 4.78 is 0. The van der Waals surface area contributed by atoms with Crippen LogP contribution >= 0.6 is 11.6 Å². The number of nitrogens with zero attached hydrogens (tertiary/aromatic N) is 2. The van der Waals surface area contributed by atoms with E-state index in [9.17, 15) is 0 Å². The number of allylic oxidation sites excluding steroid dienone is 1. The summed E-state index contributed by atoms with van der Waals surface area (Å²) in [5.41, 5.74) is 6.62. The Hall–Kier alpha value is -2.71. The van der Waals surface area contributed by atoms with E-state index in [-0.39, 0.29) is 0 Å². The van der Waals surface area contributed by atoms with Gasteiger partial charge in [0.15, 0.2) is 5.82 Å². The monoisotopic (exact) mass is 416 g/mol. The number of pyridine rings is 1. The highest BCUT2D eigenvalue weighted by atomic mass is 35.5. The van der Waals surface area contributed by atoms with Crippen LogP contribution in [0.1, 0.15) is 43.7 Å². The molecule has 3 rings (SSSR count). The Morgan fingerprint density at radius 3 is 2.50 bits per heavy atom. The Labute approximate surface area is 185 Å². The first kappa shape index (κ1) is 22.0. The second kappa shape index (κ2) is 10.9. The van der Waals surface area contributed by atoms with E-state index in [0.29, 0.717) is 0 Å². The van der Waals surface area contributed by atoms with Gasteiger partial charge in [0.1, 0.15) is 0 Å². The Bertz CT molecular complexity index is 1020. The summed E-state index contributed by atoms with van der Waals surface area (Å²) in [5, 5.41) is 0.725. The van der Waals surface area contributed by atoms with Crippen molar-refractivity contribution >= 4 is 23.1 Å². The molecule has 0 saturated carbocycles. The molecule has 0 spiro atoms. The molecular formula is C27H29ClN2. The van der Waals surface area contributed by atoms with Crippen LogP contribution in [0.2, 0.25) is 5.02 Å². The number of rotatable bonds is 9. The van der Waals surface area contributed by atoms with Crippen molar-refractivity contribution in [2.24, 2.45) is 4.99 Å². The molecule has 154 valence electrons. The summed E-state index contributed by atoms with van der Waals surface area (Å²) >= 11 is 6.11. The van der Waals surface area contributed by atoms with Gasteiger partial charge in [-0.15, -0.1) is 0 Å². The molecule has 0 aliphatic heterocycles. The third-order valence-electron chi connectivity index (χ3n) is 5.28. The van der Waals surface area contributed by atoms with Gasteiger partial charge in [-0.3, -0.25) is 0 Å². The standard InChI is InChI=1S/C27H29ClN2/c1-20(11-6-4-7-12-23-13-8-5-9-14-23)22(3)30-27-21(2)17-25(19-29-27)24-15-10-16-26(28)18-24/h5,8-10,13-19H,1,4,6-7,11-12H2,2-3H3. The smallest absolute Gasteiger partial charge is 0.155 e. The Morgan fingerprint density at radius 1 is 0.967 bits per heavy atom. The summed E-state index contributed by atoms with van der Waals surface area (Å²) in [7, 11) is 0. The average Bonchev–Trinajstić information content (AvgIpc) is 2.75. The first-order valence-corrected chi connectivity index (χ1v) is 10.9. The van der Waals surface area contributed by atoms with Gasteiger partial charge in [-0.25, -0.2) is 9.98 Å². The summed E-state index contributed by atoms with van der Waals surface area (Å²) in [5.74, 6) is 0.753. The zero-order chi connectivity index (χ0) is 21.3. The van der Waals surface area contributed by atoms with Crippen LogP contribution in [0.4, 0.5) is 5.82 Å². The molecule has 3 heteroatoms. The molecule has 0 unspecified atom stereocenters. The van der Waals surface area contributed by atoms with E-state index in [1.807, 2.05) is 44.3 Å². The second-order valence-corrected chi connectivity index (χ2v) is 8.16. The predicted molar refractivity (Wildman–Crippen MR) is 130 cm³/mol. The Balaban J connectivity index is 1.53. The summed E-state index contributed by atoms with van der Waals surface area (Å²) in [6.07, 6.45) is 7.52. The molecule has 1 heterocycles. The maximum atomic E-state index is 6.11. The molecular weight excluding hydrogens is 388 g/mol. The molecule has 0 amide bonds. The van der Waals surface area contributed by atoms with E-state index in [1.54, 1.807) is 0 Å². The van der Waals surface area contributed by atoms with Crippen molar-refractivity contribution in [3.63, 3.8) is 0 Å². The van der Waals surface area contributed by atoms with Gasteiger partial charge in [0.25, 0.3) is 0 Å². The molecule has 0 aliphatic rings. The van der Waals surface area contributed by atoms with Crippen molar-refractivity contribution in [1.29, 1.82) is 0 Å². The molecule has 0 bridgehead atoms. The quantitative estimate of drug-likeness (QED) is 0.255. The normalized spacial score (nSPS) is 11.5. The molecule has 1 aromatic heterocycles. The zero-order valence-corrected chi connectivity index (χ0v) is 18.6. The lowest BCUT2D eigenvalue weighted by atomic mass is 10.0. The highest BCUT2D eigenvalue weighted by molar-refractivity contribution is 6.30. The fraction of sp³-hybridized carbons (Fsp3) is 0.259. The van der Waals surface area contributed by atoms with Crippen molar-refractivity contribution in [3.05, 3.63) is 95.2 Å². The molecule has 0 N–H and O–H groups in total. The zero-order valence-electron chi connectivity index (χ0n) is 17.9. The van der Waals surface area contributed by atoms with Crippen LogP contribution in [0, 0.1) is 6.92 Å². The van der Waals surface area contributed by atoms with Gasteiger partial charge in [-0.2, -0.15) is 0 Å². The van der Waals surface area contributed by atoms with Crippen LogP contribution in [0.3, 0.4) is 0 Å². The highest BCUT2D eigenvalue weighted by Crippen LogP contribution is 2.26. The van der Waals surface area contributed by atoms with E-state index in [0.717, 1.165) is 58.1 Å². The minimum Gasteiger partial charge on any atom is -0.236 e. The van der Waals surface area contributed by atoms with Crippen LogP contribution in [0.25, 0.3) is 11.1 Å². The lowest BCUT2D eigenvalue weighted by Crippen LogP contribution is -1.97. The molecule has 30 heavy (non-hydrogen) atoms. The maximum Gasteiger partial charge on any atom is 0.155 e. The van der Waals surface area contributed by atoms with Gasteiger partial charge in [0, 0.05) is 22.5 Å². The van der Waals surface area contributed by atoms with Crippen molar-refractivity contribution in [3.8, 4) is 11.1 Å². The number of aromatic nitrogens is 1. The topological polar surface area (TPSA) is 25.2 Å². The Morgan fingerprint density at radius 2 is 1.77 bits per heavy atom. The van der Waals surface area contributed by atoms with Crippen LogP contribution in [0.15, 0.2) is 84.0 Å². The minimum absolute atomic E-state index is 0.725. The minimum atomic E-state index is 0.725. The molecule has 2 nitrogen and oxygen atoms in total. The number of benzene rings is 2. The SMILES string of the molecule is C=C(CCCCCc1ccccc1)C(C)=Nc1ncc(-c2cccc(Cl)c2)cc1C. The number of hydrogen-bond acceptors (Lipinski definition) is 2. The maximum absolute atomic E-state index is 6.11. The summed E-state index contributed by atoms with van der Waals surface area (Å²) in [4.78, 5) is 9.32. The van der Waals surface area contributed by atoms with E-state index in [1.165, 1.54) is 18.4 Å².